The first-order valence-electron chi connectivity index (χ1n) is 9.39. The monoisotopic (exact) mass is 368 g/mol. The first-order valence-corrected chi connectivity index (χ1v) is 9.39. The molecule has 1 saturated heterocycles. The normalized spacial score (nSPS) is 17.8. The Morgan fingerprint density at radius 2 is 2.07 bits per heavy atom. The SMILES string of the molecule is Cc1cc(C)n2nc(C(=O)N3CCCC(c4nc(C(C)C)no4)C3)cc2n1. The number of hydrogen-bond donors (Lipinski definition) is 0. The van der Waals surface area contributed by atoms with E-state index in [-0.39, 0.29) is 17.7 Å². The molecule has 1 aliphatic rings. The van der Waals surface area contributed by atoms with Crippen molar-refractivity contribution < 1.29 is 9.32 Å². The van der Waals surface area contributed by atoms with Gasteiger partial charge in [-0.1, -0.05) is 19.0 Å². The third kappa shape index (κ3) is 3.31. The molecule has 1 aliphatic heterocycles. The Labute approximate surface area is 157 Å². The van der Waals surface area contributed by atoms with Crippen LogP contribution in [0.3, 0.4) is 0 Å². The zero-order chi connectivity index (χ0) is 19.1. The number of carbonyl (C=O) groups excluding carboxylic acids is 1. The lowest BCUT2D eigenvalue weighted by Crippen LogP contribution is -2.39. The second-order valence-electron chi connectivity index (χ2n) is 7.57. The Kier molecular flexibility index (Phi) is 4.41. The second kappa shape index (κ2) is 6.75. The Morgan fingerprint density at radius 3 is 2.81 bits per heavy atom. The van der Waals surface area contributed by atoms with E-state index in [4.69, 9.17) is 4.52 Å². The number of aromatic nitrogens is 5. The van der Waals surface area contributed by atoms with Crippen molar-refractivity contribution in [3.05, 3.63) is 40.9 Å². The van der Waals surface area contributed by atoms with Gasteiger partial charge in [0.25, 0.3) is 5.91 Å². The van der Waals surface area contributed by atoms with E-state index in [2.05, 4.69) is 20.2 Å². The summed E-state index contributed by atoms with van der Waals surface area (Å²) in [4.78, 5) is 23.8. The quantitative estimate of drug-likeness (QED) is 0.706. The fourth-order valence-electron chi connectivity index (χ4n) is 3.56. The Morgan fingerprint density at radius 1 is 1.26 bits per heavy atom. The third-order valence-electron chi connectivity index (χ3n) is 4.98. The number of likely N-dealkylation sites (tertiary alicyclic amines) is 1. The number of aryl methyl sites for hydroxylation is 2. The number of carbonyl (C=O) groups is 1. The maximum absolute atomic E-state index is 13.0. The van der Waals surface area contributed by atoms with Crippen LogP contribution in [0.2, 0.25) is 0 Å². The topological polar surface area (TPSA) is 89.4 Å². The predicted octanol–water partition coefficient (Wildman–Crippen LogP) is 2.87. The molecule has 1 fully saturated rings. The molecule has 3 aromatic heterocycles. The number of amides is 1. The minimum absolute atomic E-state index is 0.0711. The molecule has 27 heavy (non-hydrogen) atoms. The van der Waals surface area contributed by atoms with Crippen LogP contribution in [0.25, 0.3) is 5.65 Å². The second-order valence-corrected chi connectivity index (χ2v) is 7.57. The molecule has 0 radical (unpaired) electrons. The third-order valence-corrected chi connectivity index (χ3v) is 4.98. The van der Waals surface area contributed by atoms with E-state index in [1.54, 1.807) is 10.6 Å². The summed E-state index contributed by atoms with van der Waals surface area (Å²) >= 11 is 0. The number of rotatable bonds is 3. The lowest BCUT2D eigenvalue weighted by molar-refractivity contribution is 0.0689. The van der Waals surface area contributed by atoms with Gasteiger partial charge in [-0.15, -0.1) is 0 Å². The average molecular weight is 368 g/mol. The van der Waals surface area contributed by atoms with E-state index in [9.17, 15) is 4.79 Å². The van der Waals surface area contributed by atoms with Crippen LogP contribution in [-0.2, 0) is 0 Å². The van der Waals surface area contributed by atoms with Gasteiger partial charge in [-0.2, -0.15) is 10.1 Å². The zero-order valence-corrected chi connectivity index (χ0v) is 16.1. The van der Waals surface area contributed by atoms with Gasteiger partial charge in [0.1, 0.15) is 0 Å². The summed E-state index contributed by atoms with van der Waals surface area (Å²) < 4.78 is 7.16. The first kappa shape index (κ1) is 17.6. The van der Waals surface area contributed by atoms with Crippen LogP contribution in [0.1, 0.15) is 72.1 Å². The van der Waals surface area contributed by atoms with E-state index >= 15 is 0 Å². The maximum Gasteiger partial charge on any atom is 0.274 e. The highest BCUT2D eigenvalue weighted by Crippen LogP contribution is 2.27. The summed E-state index contributed by atoms with van der Waals surface area (Å²) in [5, 5.41) is 8.52. The van der Waals surface area contributed by atoms with Crippen molar-refractivity contribution in [2.45, 2.75) is 52.4 Å². The molecule has 1 unspecified atom stereocenters. The smallest absolute Gasteiger partial charge is 0.274 e. The first-order chi connectivity index (χ1) is 12.9. The van der Waals surface area contributed by atoms with Crippen molar-refractivity contribution in [2.75, 3.05) is 13.1 Å². The maximum atomic E-state index is 13.0. The van der Waals surface area contributed by atoms with Crippen molar-refractivity contribution in [3.8, 4) is 0 Å². The highest BCUT2D eigenvalue weighted by atomic mass is 16.5. The molecule has 0 saturated carbocycles. The molecule has 0 aromatic carbocycles. The number of hydrogen-bond acceptors (Lipinski definition) is 6. The van der Waals surface area contributed by atoms with E-state index in [0.717, 1.165) is 24.2 Å². The summed E-state index contributed by atoms with van der Waals surface area (Å²) in [6.07, 6.45) is 1.84. The van der Waals surface area contributed by atoms with Crippen LogP contribution in [0.15, 0.2) is 16.7 Å². The zero-order valence-electron chi connectivity index (χ0n) is 16.1. The fraction of sp³-hybridized carbons (Fsp3) is 0.526. The van der Waals surface area contributed by atoms with Gasteiger partial charge < -0.3 is 9.42 Å². The number of piperidine rings is 1. The van der Waals surface area contributed by atoms with Gasteiger partial charge in [0.05, 0.1) is 5.92 Å². The molecule has 4 heterocycles. The van der Waals surface area contributed by atoms with E-state index in [1.165, 1.54) is 0 Å². The molecule has 0 spiro atoms. The standard InChI is InChI=1S/C19H24N6O2/c1-11(2)17-21-18(27-23-17)14-6-5-7-24(10-14)19(26)15-9-16-20-12(3)8-13(4)25(16)22-15/h8-9,11,14H,5-7,10H2,1-4H3. The van der Waals surface area contributed by atoms with Gasteiger partial charge in [-0.05, 0) is 32.8 Å². The highest BCUT2D eigenvalue weighted by Gasteiger charge is 2.30. The van der Waals surface area contributed by atoms with Crippen molar-refractivity contribution in [2.24, 2.45) is 0 Å². The van der Waals surface area contributed by atoms with Crippen molar-refractivity contribution in [1.82, 2.24) is 29.6 Å². The van der Waals surface area contributed by atoms with Crippen LogP contribution >= 0.6 is 0 Å². The van der Waals surface area contributed by atoms with E-state index < -0.39 is 0 Å². The van der Waals surface area contributed by atoms with Crippen molar-refractivity contribution in [3.63, 3.8) is 0 Å². The van der Waals surface area contributed by atoms with Crippen LogP contribution in [0.4, 0.5) is 0 Å². The summed E-state index contributed by atoms with van der Waals surface area (Å²) in [7, 11) is 0. The molecule has 3 aromatic rings. The Bertz CT molecular complexity index is 989. The van der Waals surface area contributed by atoms with E-state index in [0.29, 0.717) is 36.1 Å². The Hall–Kier alpha value is -2.77. The minimum Gasteiger partial charge on any atom is -0.339 e. The lowest BCUT2D eigenvalue weighted by atomic mass is 9.97. The average Bonchev–Trinajstić information content (AvgIpc) is 3.28. The number of fused-ring (bicyclic) bond motifs is 1. The van der Waals surface area contributed by atoms with Gasteiger partial charge in [0, 0.05) is 36.5 Å². The van der Waals surface area contributed by atoms with Gasteiger partial charge in [0.15, 0.2) is 17.2 Å². The van der Waals surface area contributed by atoms with Crippen molar-refractivity contribution in [1.29, 1.82) is 0 Å². The van der Waals surface area contributed by atoms with E-state index in [1.807, 2.05) is 38.7 Å². The van der Waals surface area contributed by atoms with Crippen molar-refractivity contribution >= 4 is 11.6 Å². The number of nitrogens with zero attached hydrogens (tertiary/aromatic N) is 6. The highest BCUT2D eigenvalue weighted by molar-refractivity contribution is 5.93. The molecular formula is C19H24N6O2. The molecule has 1 amide bonds. The largest absolute Gasteiger partial charge is 0.339 e. The fourth-order valence-corrected chi connectivity index (χ4v) is 3.56. The van der Waals surface area contributed by atoms with Gasteiger partial charge in [0.2, 0.25) is 5.89 Å². The van der Waals surface area contributed by atoms with Crippen LogP contribution < -0.4 is 0 Å². The lowest BCUT2D eigenvalue weighted by Gasteiger charge is -2.30. The molecule has 142 valence electrons. The molecule has 4 rings (SSSR count). The molecule has 8 nitrogen and oxygen atoms in total. The molecule has 0 bridgehead atoms. The summed E-state index contributed by atoms with van der Waals surface area (Å²) in [6, 6.07) is 3.71. The molecule has 0 N–H and O–H groups in total. The van der Waals surface area contributed by atoms with Gasteiger partial charge in [-0.3, -0.25) is 4.79 Å². The summed E-state index contributed by atoms with van der Waals surface area (Å²) in [5.74, 6) is 1.55. The summed E-state index contributed by atoms with van der Waals surface area (Å²) in [5.41, 5.74) is 2.99. The van der Waals surface area contributed by atoms with Gasteiger partial charge in [-0.25, -0.2) is 9.50 Å². The predicted molar refractivity (Wildman–Crippen MR) is 98.7 cm³/mol. The van der Waals surface area contributed by atoms with Crippen LogP contribution in [0.5, 0.6) is 0 Å². The van der Waals surface area contributed by atoms with Crippen LogP contribution in [-0.4, -0.2) is 48.6 Å². The van der Waals surface area contributed by atoms with Gasteiger partial charge >= 0.3 is 0 Å². The molecule has 1 atom stereocenters. The van der Waals surface area contributed by atoms with Crippen LogP contribution in [0, 0.1) is 13.8 Å². The minimum atomic E-state index is -0.0779. The molecular weight excluding hydrogens is 344 g/mol. The Balaban J connectivity index is 1.55. The molecule has 8 heteroatoms. The summed E-state index contributed by atoms with van der Waals surface area (Å²) in [6.45, 7) is 9.24. The molecule has 0 aliphatic carbocycles.